The molecule has 5 nitrogen and oxygen atoms in total. The Balaban J connectivity index is 1.55. The number of fused-ring (bicyclic) bond motifs is 1. The zero-order chi connectivity index (χ0) is 15.5. The van der Waals surface area contributed by atoms with Crippen LogP contribution in [0.2, 0.25) is 5.02 Å². The van der Waals surface area contributed by atoms with Crippen molar-refractivity contribution in [2.24, 2.45) is 0 Å². The summed E-state index contributed by atoms with van der Waals surface area (Å²) in [5, 5.41) is 8.44. The maximum absolute atomic E-state index is 11.8. The van der Waals surface area contributed by atoms with Crippen molar-refractivity contribution in [1.82, 2.24) is 15.5 Å². The summed E-state index contributed by atoms with van der Waals surface area (Å²) in [6.45, 7) is 2.39. The van der Waals surface area contributed by atoms with Crippen LogP contribution in [0.5, 0.6) is 0 Å². The fourth-order valence-electron chi connectivity index (χ4n) is 2.41. The van der Waals surface area contributed by atoms with Gasteiger partial charge in [-0.15, -0.1) is 0 Å². The largest absolute Gasteiger partial charge is 0.361 e. The highest BCUT2D eigenvalue weighted by Gasteiger charge is 2.09. The van der Waals surface area contributed by atoms with Crippen LogP contribution in [-0.2, 0) is 17.6 Å². The van der Waals surface area contributed by atoms with Crippen LogP contribution in [0.3, 0.4) is 0 Å². The van der Waals surface area contributed by atoms with Crippen LogP contribution in [0.25, 0.3) is 10.9 Å². The second-order valence-corrected chi connectivity index (χ2v) is 5.65. The van der Waals surface area contributed by atoms with Gasteiger partial charge in [0, 0.05) is 34.7 Å². The van der Waals surface area contributed by atoms with Crippen molar-refractivity contribution < 1.29 is 9.32 Å². The van der Waals surface area contributed by atoms with E-state index in [2.05, 4.69) is 15.5 Å². The van der Waals surface area contributed by atoms with Crippen LogP contribution in [0.1, 0.15) is 17.0 Å². The number of nitrogens with one attached hydrogen (secondary N) is 2. The lowest BCUT2D eigenvalue weighted by molar-refractivity contribution is -0.120. The van der Waals surface area contributed by atoms with Crippen LogP contribution in [0.4, 0.5) is 0 Å². The molecule has 0 unspecified atom stereocenters. The molecule has 0 aliphatic heterocycles. The quantitative estimate of drug-likeness (QED) is 0.760. The summed E-state index contributed by atoms with van der Waals surface area (Å²) in [6, 6.07) is 7.50. The lowest BCUT2D eigenvalue weighted by Crippen LogP contribution is -2.27. The zero-order valence-electron chi connectivity index (χ0n) is 12.1. The fraction of sp³-hybridized carbons (Fsp3) is 0.250. The van der Waals surface area contributed by atoms with E-state index in [0.29, 0.717) is 17.3 Å². The van der Waals surface area contributed by atoms with Crippen molar-refractivity contribution >= 4 is 28.4 Å². The molecule has 0 spiro atoms. The summed E-state index contributed by atoms with van der Waals surface area (Å²) in [5.41, 5.74) is 2.95. The molecular weight excluding hydrogens is 302 g/mol. The number of nitrogens with zero attached hydrogens (tertiary/aromatic N) is 1. The van der Waals surface area contributed by atoms with Gasteiger partial charge in [-0.3, -0.25) is 4.79 Å². The third-order valence-corrected chi connectivity index (χ3v) is 3.69. The molecule has 1 aromatic carbocycles. The molecule has 22 heavy (non-hydrogen) atoms. The molecule has 3 rings (SSSR count). The molecule has 0 saturated carbocycles. The Labute approximate surface area is 132 Å². The first-order chi connectivity index (χ1) is 10.6. The Bertz CT molecular complexity index is 807. The van der Waals surface area contributed by atoms with E-state index in [4.69, 9.17) is 16.1 Å². The first-order valence-electron chi connectivity index (χ1n) is 7.06. The van der Waals surface area contributed by atoms with Gasteiger partial charge in [-0.25, -0.2) is 0 Å². The van der Waals surface area contributed by atoms with Gasteiger partial charge in [0.1, 0.15) is 5.76 Å². The van der Waals surface area contributed by atoms with Crippen molar-refractivity contribution in [1.29, 1.82) is 0 Å². The summed E-state index contributed by atoms with van der Waals surface area (Å²) in [7, 11) is 0. The second kappa shape index (κ2) is 6.23. The van der Waals surface area contributed by atoms with Gasteiger partial charge in [0.2, 0.25) is 5.91 Å². The summed E-state index contributed by atoms with van der Waals surface area (Å²) in [5.74, 6) is 0.503. The van der Waals surface area contributed by atoms with Gasteiger partial charge in [-0.1, -0.05) is 16.8 Å². The van der Waals surface area contributed by atoms with E-state index >= 15 is 0 Å². The lowest BCUT2D eigenvalue weighted by atomic mass is 10.1. The van der Waals surface area contributed by atoms with E-state index in [1.807, 2.05) is 31.3 Å². The van der Waals surface area contributed by atoms with E-state index < -0.39 is 0 Å². The first-order valence-corrected chi connectivity index (χ1v) is 7.44. The molecule has 0 radical (unpaired) electrons. The number of aryl methyl sites for hydroxylation is 1. The standard InChI is InChI=1S/C16H16ClN3O2/c1-10-6-13(22-20-10)8-16(21)18-5-4-11-9-19-15-3-2-12(17)7-14(11)15/h2-3,6-7,9,19H,4-5,8H2,1H3,(H,18,21). The molecule has 0 aliphatic carbocycles. The van der Waals surface area contributed by atoms with Gasteiger partial charge < -0.3 is 14.8 Å². The lowest BCUT2D eigenvalue weighted by Gasteiger charge is -2.03. The molecule has 3 aromatic rings. The molecule has 6 heteroatoms. The third kappa shape index (κ3) is 3.31. The van der Waals surface area contributed by atoms with Crippen LogP contribution in [-0.4, -0.2) is 22.6 Å². The Hall–Kier alpha value is -2.27. The molecule has 2 heterocycles. The topological polar surface area (TPSA) is 70.9 Å². The van der Waals surface area contributed by atoms with E-state index in [1.165, 1.54) is 0 Å². The monoisotopic (exact) mass is 317 g/mol. The molecular formula is C16H16ClN3O2. The Morgan fingerprint density at radius 3 is 3.05 bits per heavy atom. The fourth-order valence-corrected chi connectivity index (χ4v) is 2.59. The molecule has 0 saturated heterocycles. The van der Waals surface area contributed by atoms with E-state index in [1.54, 1.807) is 6.07 Å². The molecule has 0 atom stereocenters. The number of hydrogen-bond acceptors (Lipinski definition) is 3. The van der Waals surface area contributed by atoms with Crippen molar-refractivity contribution in [2.75, 3.05) is 6.54 Å². The van der Waals surface area contributed by atoms with Gasteiger partial charge in [0.15, 0.2) is 0 Å². The molecule has 0 aliphatic rings. The van der Waals surface area contributed by atoms with Crippen LogP contribution in [0, 0.1) is 6.92 Å². The average molecular weight is 318 g/mol. The van der Waals surface area contributed by atoms with Crippen LogP contribution >= 0.6 is 11.6 Å². The Morgan fingerprint density at radius 1 is 1.41 bits per heavy atom. The van der Waals surface area contributed by atoms with Crippen LogP contribution in [0.15, 0.2) is 35.0 Å². The smallest absolute Gasteiger partial charge is 0.227 e. The Morgan fingerprint density at radius 2 is 2.27 bits per heavy atom. The van der Waals surface area contributed by atoms with Gasteiger partial charge >= 0.3 is 0 Å². The summed E-state index contributed by atoms with van der Waals surface area (Å²) >= 11 is 6.02. The van der Waals surface area contributed by atoms with E-state index in [0.717, 1.165) is 28.6 Å². The minimum atomic E-state index is -0.0750. The highest BCUT2D eigenvalue weighted by atomic mass is 35.5. The second-order valence-electron chi connectivity index (χ2n) is 5.22. The van der Waals surface area contributed by atoms with Crippen molar-refractivity contribution in [3.8, 4) is 0 Å². The highest BCUT2D eigenvalue weighted by Crippen LogP contribution is 2.22. The number of H-pyrrole nitrogens is 1. The number of hydrogen-bond donors (Lipinski definition) is 2. The molecule has 2 aromatic heterocycles. The molecule has 114 valence electrons. The number of carbonyl (C=O) groups is 1. The minimum absolute atomic E-state index is 0.0750. The number of amides is 1. The minimum Gasteiger partial charge on any atom is -0.361 e. The van der Waals surface area contributed by atoms with E-state index in [-0.39, 0.29) is 12.3 Å². The number of carbonyl (C=O) groups excluding carboxylic acids is 1. The van der Waals surface area contributed by atoms with Gasteiger partial charge in [0.25, 0.3) is 0 Å². The van der Waals surface area contributed by atoms with Crippen LogP contribution < -0.4 is 5.32 Å². The average Bonchev–Trinajstić information content (AvgIpc) is 3.05. The van der Waals surface area contributed by atoms with Gasteiger partial charge in [-0.2, -0.15) is 0 Å². The molecule has 1 amide bonds. The van der Waals surface area contributed by atoms with Crippen molar-refractivity contribution in [2.45, 2.75) is 19.8 Å². The molecule has 0 fully saturated rings. The predicted molar refractivity (Wildman–Crippen MR) is 85.0 cm³/mol. The number of aromatic amines is 1. The number of aromatic nitrogens is 2. The normalized spacial score (nSPS) is 11.0. The number of benzene rings is 1. The Kier molecular flexibility index (Phi) is 4.15. The van der Waals surface area contributed by atoms with E-state index in [9.17, 15) is 4.79 Å². The maximum atomic E-state index is 11.8. The molecule has 2 N–H and O–H groups in total. The third-order valence-electron chi connectivity index (χ3n) is 3.46. The first kappa shape index (κ1) is 14.7. The zero-order valence-corrected chi connectivity index (χ0v) is 12.9. The van der Waals surface area contributed by atoms with Gasteiger partial charge in [0.05, 0.1) is 12.1 Å². The highest BCUT2D eigenvalue weighted by molar-refractivity contribution is 6.31. The number of rotatable bonds is 5. The van der Waals surface area contributed by atoms with Crippen molar-refractivity contribution in [3.63, 3.8) is 0 Å². The van der Waals surface area contributed by atoms with Gasteiger partial charge in [-0.05, 0) is 37.1 Å². The SMILES string of the molecule is Cc1cc(CC(=O)NCCc2c[nH]c3ccc(Cl)cc23)on1. The predicted octanol–water partition coefficient (Wildman–Crippen LogP) is 3.02. The summed E-state index contributed by atoms with van der Waals surface area (Å²) in [4.78, 5) is 15.0. The summed E-state index contributed by atoms with van der Waals surface area (Å²) in [6.07, 6.45) is 2.90. The number of halogens is 1. The summed E-state index contributed by atoms with van der Waals surface area (Å²) < 4.78 is 5.03. The maximum Gasteiger partial charge on any atom is 0.227 e. The van der Waals surface area contributed by atoms with Crippen molar-refractivity contribution in [3.05, 3.63) is 52.5 Å². The molecule has 0 bridgehead atoms.